The third-order valence-electron chi connectivity index (χ3n) is 5.98. The van der Waals surface area contributed by atoms with E-state index in [9.17, 15) is 14.7 Å². The van der Waals surface area contributed by atoms with Crippen LogP contribution >= 0.6 is 0 Å². The van der Waals surface area contributed by atoms with Gasteiger partial charge in [-0.25, -0.2) is 4.79 Å². The Morgan fingerprint density at radius 1 is 1.00 bits per heavy atom. The maximum Gasteiger partial charge on any atom is 0.347 e. The Morgan fingerprint density at radius 2 is 1.76 bits per heavy atom. The van der Waals surface area contributed by atoms with Gasteiger partial charge in [-0.2, -0.15) is 4.98 Å². The van der Waals surface area contributed by atoms with Crippen LogP contribution in [0.1, 0.15) is 34.8 Å². The molecule has 0 aliphatic heterocycles. The highest BCUT2D eigenvalue weighted by molar-refractivity contribution is 6.16. The number of phenolic OH excluding ortho intramolecular Hbond substituents is 1. The molecule has 4 rings (SSSR count). The largest absolute Gasteiger partial charge is 0.504 e. The van der Waals surface area contributed by atoms with Crippen molar-refractivity contribution in [1.82, 2.24) is 9.55 Å². The molecule has 0 unspecified atom stereocenters. The number of benzene rings is 2. The van der Waals surface area contributed by atoms with E-state index in [1.165, 1.54) is 14.2 Å². The lowest BCUT2D eigenvalue weighted by Gasteiger charge is -2.16. The summed E-state index contributed by atoms with van der Waals surface area (Å²) in [6, 6.07) is 15.4. The highest BCUT2D eigenvalue weighted by Crippen LogP contribution is 2.31. The number of carbonyl (C=O) groups excluding carboxylic acids is 2. The molecule has 9 nitrogen and oxygen atoms in total. The van der Waals surface area contributed by atoms with E-state index in [4.69, 9.17) is 18.9 Å². The summed E-state index contributed by atoms with van der Waals surface area (Å²) >= 11 is 0. The Kier molecular flexibility index (Phi) is 7.62. The molecule has 2 heterocycles. The van der Waals surface area contributed by atoms with E-state index < -0.39 is 12.1 Å². The van der Waals surface area contributed by atoms with Crippen molar-refractivity contribution < 1.29 is 33.6 Å². The number of ether oxygens (including phenoxy) is 4. The van der Waals surface area contributed by atoms with Crippen molar-refractivity contribution in [2.24, 2.45) is 0 Å². The molecule has 0 bridgehead atoms. The summed E-state index contributed by atoms with van der Waals surface area (Å²) in [7, 11) is 4.39. The fourth-order valence-corrected chi connectivity index (χ4v) is 4.00. The molecule has 2 aromatic carbocycles. The summed E-state index contributed by atoms with van der Waals surface area (Å²) in [5, 5.41) is 11.2. The number of phenols is 1. The predicted molar refractivity (Wildman–Crippen MR) is 137 cm³/mol. The molecule has 0 aliphatic rings. The van der Waals surface area contributed by atoms with Gasteiger partial charge in [-0.3, -0.25) is 4.79 Å². The SMILES string of the molecule is CC[C@H](Oc1ccc(Cn2cc(C(=O)c3ccc(OC)cc3)c3ccc(OC)nc32)cc1O)C(=O)OC. The van der Waals surface area contributed by atoms with Gasteiger partial charge in [0, 0.05) is 35.3 Å². The van der Waals surface area contributed by atoms with E-state index in [2.05, 4.69) is 4.98 Å². The molecule has 1 atom stereocenters. The topological polar surface area (TPSA) is 109 Å². The van der Waals surface area contributed by atoms with Gasteiger partial charge in [0.05, 0.1) is 21.3 Å². The van der Waals surface area contributed by atoms with Crippen LogP contribution in [0.25, 0.3) is 11.0 Å². The van der Waals surface area contributed by atoms with Crippen LogP contribution in [0.4, 0.5) is 0 Å². The Balaban J connectivity index is 1.67. The van der Waals surface area contributed by atoms with Gasteiger partial charge in [0.25, 0.3) is 0 Å². The summed E-state index contributed by atoms with van der Waals surface area (Å²) < 4.78 is 22.7. The number of esters is 1. The molecule has 192 valence electrons. The fraction of sp³-hybridized carbons (Fsp3) is 0.250. The molecule has 0 radical (unpaired) electrons. The van der Waals surface area contributed by atoms with E-state index in [-0.39, 0.29) is 17.3 Å². The lowest BCUT2D eigenvalue weighted by molar-refractivity contribution is -0.148. The van der Waals surface area contributed by atoms with Crippen molar-refractivity contribution in [3.63, 3.8) is 0 Å². The van der Waals surface area contributed by atoms with Crippen LogP contribution in [0.3, 0.4) is 0 Å². The molecule has 0 amide bonds. The van der Waals surface area contributed by atoms with Crippen molar-refractivity contribution in [3.8, 4) is 23.1 Å². The number of fused-ring (bicyclic) bond motifs is 1. The Bertz CT molecular complexity index is 1430. The smallest absolute Gasteiger partial charge is 0.347 e. The maximum atomic E-state index is 13.4. The van der Waals surface area contributed by atoms with Crippen LogP contribution in [0.5, 0.6) is 23.1 Å². The molecule has 0 aliphatic carbocycles. The highest BCUT2D eigenvalue weighted by atomic mass is 16.6. The number of hydrogen-bond acceptors (Lipinski definition) is 8. The summed E-state index contributed by atoms with van der Waals surface area (Å²) in [6.45, 7) is 2.10. The van der Waals surface area contributed by atoms with Gasteiger partial charge in [-0.05, 0) is 54.4 Å². The van der Waals surface area contributed by atoms with Crippen molar-refractivity contribution in [2.75, 3.05) is 21.3 Å². The van der Waals surface area contributed by atoms with Crippen LogP contribution in [0.15, 0.2) is 60.8 Å². The molecule has 0 spiro atoms. The number of rotatable bonds is 10. The minimum Gasteiger partial charge on any atom is -0.504 e. The second-order valence-corrected chi connectivity index (χ2v) is 8.29. The Labute approximate surface area is 214 Å². The number of methoxy groups -OCH3 is 3. The number of hydrogen-bond donors (Lipinski definition) is 1. The van der Waals surface area contributed by atoms with E-state index in [1.54, 1.807) is 74.8 Å². The number of carbonyl (C=O) groups is 2. The second kappa shape index (κ2) is 11.0. The van der Waals surface area contributed by atoms with Crippen LogP contribution in [-0.2, 0) is 16.1 Å². The zero-order valence-corrected chi connectivity index (χ0v) is 21.1. The molecule has 2 aromatic heterocycles. The predicted octanol–water partition coefficient (Wildman–Crippen LogP) is 4.37. The molecule has 0 saturated heterocycles. The highest BCUT2D eigenvalue weighted by Gasteiger charge is 2.21. The Hall–Kier alpha value is -4.53. The third kappa shape index (κ3) is 5.35. The zero-order chi connectivity index (χ0) is 26.5. The molecule has 1 N–H and O–H groups in total. The van der Waals surface area contributed by atoms with Gasteiger partial charge < -0.3 is 28.6 Å². The molecule has 0 saturated carbocycles. The summed E-state index contributed by atoms with van der Waals surface area (Å²) in [4.78, 5) is 29.8. The summed E-state index contributed by atoms with van der Waals surface area (Å²) in [5.74, 6) is 0.465. The first-order valence-corrected chi connectivity index (χ1v) is 11.7. The molecule has 9 heteroatoms. The third-order valence-corrected chi connectivity index (χ3v) is 5.98. The van der Waals surface area contributed by atoms with Gasteiger partial charge in [-0.1, -0.05) is 13.0 Å². The zero-order valence-electron chi connectivity index (χ0n) is 21.1. The van der Waals surface area contributed by atoms with E-state index in [0.717, 1.165) is 5.56 Å². The number of ketones is 1. The summed E-state index contributed by atoms with van der Waals surface area (Å²) in [5.41, 5.74) is 2.31. The maximum absolute atomic E-state index is 13.4. The lowest BCUT2D eigenvalue weighted by Crippen LogP contribution is -2.27. The molecular formula is C28H28N2O7. The number of aromatic hydroxyl groups is 1. The van der Waals surface area contributed by atoms with E-state index in [1.807, 2.05) is 4.57 Å². The second-order valence-electron chi connectivity index (χ2n) is 8.29. The summed E-state index contributed by atoms with van der Waals surface area (Å²) in [6.07, 6.45) is 1.32. The van der Waals surface area contributed by atoms with Crippen molar-refractivity contribution in [1.29, 1.82) is 0 Å². The number of pyridine rings is 1. The number of nitrogens with zero attached hydrogens (tertiary/aromatic N) is 2. The van der Waals surface area contributed by atoms with Crippen LogP contribution in [-0.4, -0.2) is 53.8 Å². The molecule has 4 aromatic rings. The normalized spacial score (nSPS) is 11.7. The van der Waals surface area contributed by atoms with Gasteiger partial charge in [0.2, 0.25) is 5.88 Å². The first kappa shape index (κ1) is 25.6. The average molecular weight is 505 g/mol. The molecule has 37 heavy (non-hydrogen) atoms. The van der Waals surface area contributed by atoms with Crippen LogP contribution < -0.4 is 14.2 Å². The first-order chi connectivity index (χ1) is 17.9. The Morgan fingerprint density at radius 3 is 2.38 bits per heavy atom. The fourth-order valence-electron chi connectivity index (χ4n) is 4.00. The minimum atomic E-state index is -0.821. The van der Waals surface area contributed by atoms with Crippen molar-refractivity contribution in [2.45, 2.75) is 26.0 Å². The molecular weight excluding hydrogens is 476 g/mol. The van der Waals surface area contributed by atoms with Crippen molar-refractivity contribution in [3.05, 3.63) is 77.5 Å². The van der Waals surface area contributed by atoms with E-state index >= 15 is 0 Å². The quantitative estimate of drug-likeness (QED) is 0.251. The van der Waals surface area contributed by atoms with Gasteiger partial charge >= 0.3 is 5.97 Å². The average Bonchev–Trinajstić information content (AvgIpc) is 3.29. The van der Waals surface area contributed by atoms with Crippen molar-refractivity contribution >= 4 is 22.8 Å². The first-order valence-electron chi connectivity index (χ1n) is 11.7. The van der Waals surface area contributed by atoms with Gasteiger partial charge in [-0.15, -0.1) is 0 Å². The monoisotopic (exact) mass is 504 g/mol. The minimum absolute atomic E-state index is 0.114. The van der Waals surface area contributed by atoms with Crippen LogP contribution in [0.2, 0.25) is 0 Å². The van der Waals surface area contributed by atoms with Crippen LogP contribution in [0, 0.1) is 0 Å². The van der Waals surface area contributed by atoms with Gasteiger partial charge in [0.15, 0.2) is 23.4 Å². The molecule has 0 fully saturated rings. The lowest BCUT2D eigenvalue weighted by atomic mass is 10.0. The standard InChI is InChI=1S/C28H28N2O7/c1-5-23(28(33)36-4)37-24-12-6-17(14-22(24)31)15-30-16-21(20-11-13-25(35-3)29-27(20)30)26(32)18-7-9-19(34-2)10-8-18/h6-14,16,23,31H,5,15H2,1-4H3/t23-/m0/s1. The number of aromatic nitrogens is 2. The van der Waals surface area contributed by atoms with Gasteiger partial charge in [0.1, 0.15) is 11.4 Å². The van der Waals surface area contributed by atoms with E-state index in [0.29, 0.717) is 46.8 Å².